The summed E-state index contributed by atoms with van der Waals surface area (Å²) in [6, 6.07) is 49.1. The Bertz CT molecular complexity index is 1560. The first-order chi connectivity index (χ1) is 23.1. The zero-order valence-electron chi connectivity index (χ0n) is 26.5. The number of hydrogen-bond donors (Lipinski definition) is 0. The van der Waals surface area contributed by atoms with Crippen LogP contribution in [0.4, 0.5) is 0 Å². The number of esters is 1. The normalized spacial score (nSPS) is 16.8. The Morgan fingerprint density at radius 1 is 0.596 bits per heavy atom. The number of methoxy groups -OCH3 is 2. The summed E-state index contributed by atoms with van der Waals surface area (Å²) >= 11 is 0. The predicted octanol–water partition coefficient (Wildman–Crippen LogP) is 7.39. The lowest BCUT2D eigenvalue weighted by atomic mass is 9.71. The molecule has 6 nitrogen and oxygen atoms in total. The highest BCUT2D eigenvalue weighted by molar-refractivity contribution is 6.51. The topological polar surface area (TPSA) is 63.2 Å². The van der Waals surface area contributed by atoms with Gasteiger partial charge in [-0.25, -0.2) is 4.79 Å². The summed E-state index contributed by atoms with van der Waals surface area (Å²) in [6.45, 7) is 0.0475. The highest BCUT2D eigenvalue weighted by Gasteiger charge is 2.61. The van der Waals surface area contributed by atoms with E-state index in [0.29, 0.717) is 5.56 Å². The van der Waals surface area contributed by atoms with E-state index in [9.17, 15) is 4.79 Å². The van der Waals surface area contributed by atoms with Gasteiger partial charge in [0.25, 0.3) is 0 Å². The second kappa shape index (κ2) is 14.8. The minimum Gasteiger partial charge on any atom is -0.458 e. The summed E-state index contributed by atoms with van der Waals surface area (Å²) in [6.07, 6.45) is 0.294. The maximum atomic E-state index is 12.6. The van der Waals surface area contributed by atoms with Gasteiger partial charge in [-0.2, -0.15) is 0 Å². The Morgan fingerprint density at radius 3 is 1.28 bits per heavy atom. The molecular formula is C40H37BO6. The van der Waals surface area contributed by atoms with E-state index in [1.807, 2.05) is 127 Å². The Morgan fingerprint density at radius 2 is 0.936 bits per heavy atom. The van der Waals surface area contributed by atoms with E-state index in [1.54, 1.807) is 50.5 Å². The fourth-order valence-electron chi connectivity index (χ4n) is 6.56. The van der Waals surface area contributed by atoms with Crippen LogP contribution in [0, 0.1) is 0 Å². The summed E-state index contributed by atoms with van der Waals surface area (Å²) in [4.78, 5) is 12.6. The lowest BCUT2D eigenvalue weighted by Gasteiger charge is -2.46. The van der Waals surface area contributed by atoms with Crippen LogP contribution in [0.5, 0.6) is 0 Å². The van der Waals surface area contributed by atoms with Gasteiger partial charge < -0.3 is 23.5 Å². The number of rotatable bonds is 12. The van der Waals surface area contributed by atoms with Crippen molar-refractivity contribution in [2.24, 2.45) is 0 Å². The van der Waals surface area contributed by atoms with E-state index in [-0.39, 0.29) is 6.61 Å². The minimum atomic E-state index is -1.11. The van der Waals surface area contributed by atoms with Crippen LogP contribution in [0.3, 0.4) is 0 Å². The molecule has 5 aromatic rings. The third kappa shape index (κ3) is 6.31. The average Bonchev–Trinajstić information content (AvgIpc) is 3.58. The molecule has 1 aliphatic heterocycles. The lowest BCUT2D eigenvalue weighted by molar-refractivity contribution is -0.136. The molecule has 1 saturated heterocycles. The summed E-state index contributed by atoms with van der Waals surface area (Å²) in [5.41, 5.74) is 1.88. The van der Waals surface area contributed by atoms with Gasteiger partial charge in [-0.05, 0) is 34.4 Å². The Hall–Kier alpha value is -4.79. The Labute approximate surface area is 276 Å². The first-order valence-electron chi connectivity index (χ1n) is 15.7. The number of carbonyl (C=O) groups excluding carboxylic acids is 1. The molecule has 6 rings (SSSR count). The largest absolute Gasteiger partial charge is 0.486 e. The van der Waals surface area contributed by atoms with Gasteiger partial charge in [0, 0.05) is 14.2 Å². The van der Waals surface area contributed by atoms with Crippen molar-refractivity contribution >= 4 is 13.1 Å². The van der Waals surface area contributed by atoms with E-state index in [2.05, 4.69) is 0 Å². The fraction of sp³-hybridized carbons (Fsp3) is 0.175. The molecule has 1 aliphatic rings. The SMILES string of the molecule is COC(c1ccccc1)(c1ccccc1)[C@@H]1OB(/C=C\COC(=O)c2ccccc2)O[C@H]1C(OC)(c1ccccc1)c1ccccc1. The quantitative estimate of drug-likeness (QED) is 0.107. The van der Waals surface area contributed by atoms with Crippen molar-refractivity contribution in [1.82, 2.24) is 0 Å². The van der Waals surface area contributed by atoms with E-state index in [4.69, 9.17) is 23.5 Å². The molecular weight excluding hydrogens is 587 g/mol. The molecule has 236 valence electrons. The van der Waals surface area contributed by atoms with Gasteiger partial charge in [0.1, 0.15) is 30.0 Å². The van der Waals surface area contributed by atoms with Crippen molar-refractivity contribution < 1.29 is 28.3 Å². The van der Waals surface area contributed by atoms with Crippen LogP contribution in [0.15, 0.2) is 164 Å². The summed E-state index contributed by atoms with van der Waals surface area (Å²) < 4.78 is 32.6. The molecule has 47 heavy (non-hydrogen) atoms. The molecule has 2 atom stereocenters. The first-order valence-corrected chi connectivity index (χ1v) is 15.7. The second-order valence-corrected chi connectivity index (χ2v) is 11.2. The summed E-state index contributed by atoms with van der Waals surface area (Å²) in [5, 5.41) is 0. The molecule has 0 aromatic heterocycles. The zero-order valence-corrected chi connectivity index (χ0v) is 26.5. The van der Waals surface area contributed by atoms with Crippen molar-refractivity contribution in [1.29, 1.82) is 0 Å². The van der Waals surface area contributed by atoms with E-state index in [1.165, 1.54) is 0 Å². The number of benzene rings is 5. The van der Waals surface area contributed by atoms with Gasteiger partial charge in [-0.3, -0.25) is 0 Å². The summed E-state index contributed by atoms with van der Waals surface area (Å²) in [7, 11) is 2.59. The molecule has 0 aliphatic carbocycles. The standard InChI is InChI=1S/C40H37BO6/c1-43-39(32-21-10-4-11-22-32,33-23-12-5-13-24-33)36-37(40(44-2,34-25-14-6-15-26-34)35-27-16-7-17-28-35)47-41(46-36)29-18-30-45-38(42)31-19-8-3-9-20-31/h3-29,36-37H,30H2,1-2H3/b29-18-/t36-,37-/m1/s1. The second-order valence-electron chi connectivity index (χ2n) is 11.2. The van der Waals surface area contributed by atoms with Crippen molar-refractivity contribution in [3.05, 3.63) is 192 Å². The fourth-order valence-corrected chi connectivity index (χ4v) is 6.56. The van der Waals surface area contributed by atoms with Gasteiger partial charge in [0.15, 0.2) is 0 Å². The molecule has 7 heteroatoms. The van der Waals surface area contributed by atoms with Crippen molar-refractivity contribution in [2.45, 2.75) is 23.4 Å². The molecule has 0 amide bonds. The van der Waals surface area contributed by atoms with Crippen LogP contribution in [0.25, 0.3) is 0 Å². The molecule has 1 heterocycles. The lowest BCUT2D eigenvalue weighted by Crippen LogP contribution is -2.56. The van der Waals surface area contributed by atoms with E-state index >= 15 is 0 Å². The van der Waals surface area contributed by atoms with Gasteiger partial charge in [0.2, 0.25) is 0 Å². The van der Waals surface area contributed by atoms with Gasteiger partial charge in [-0.15, -0.1) is 0 Å². The van der Waals surface area contributed by atoms with Crippen LogP contribution in [-0.2, 0) is 34.7 Å². The van der Waals surface area contributed by atoms with Crippen LogP contribution in [-0.4, -0.2) is 46.1 Å². The minimum absolute atomic E-state index is 0.0475. The van der Waals surface area contributed by atoms with E-state index in [0.717, 1.165) is 22.3 Å². The van der Waals surface area contributed by atoms with Crippen LogP contribution in [0.2, 0.25) is 0 Å². The zero-order chi connectivity index (χ0) is 32.5. The van der Waals surface area contributed by atoms with Crippen LogP contribution in [0.1, 0.15) is 32.6 Å². The third-order valence-electron chi connectivity index (χ3n) is 8.71. The molecule has 0 saturated carbocycles. The monoisotopic (exact) mass is 624 g/mol. The molecule has 1 fully saturated rings. The number of hydrogen-bond acceptors (Lipinski definition) is 6. The van der Waals surface area contributed by atoms with Crippen molar-refractivity contribution in [2.75, 3.05) is 20.8 Å². The smallest absolute Gasteiger partial charge is 0.458 e. The van der Waals surface area contributed by atoms with Crippen molar-refractivity contribution in [3.8, 4) is 0 Å². The van der Waals surface area contributed by atoms with Gasteiger partial charge in [0.05, 0.1) is 5.56 Å². The number of carbonyl (C=O) groups is 1. The van der Waals surface area contributed by atoms with Gasteiger partial charge in [-0.1, -0.05) is 152 Å². The molecule has 0 radical (unpaired) electrons. The van der Waals surface area contributed by atoms with Crippen LogP contribution < -0.4 is 0 Å². The number of ether oxygens (including phenoxy) is 3. The maximum Gasteiger partial charge on any atom is 0.486 e. The van der Waals surface area contributed by atoms with E-state index < -0.39 is 36.5 Å². The van der Waals surface area contributed by atoms with Gasteiger partial charge >= 0.3 is 13.1 Å². The molecule has 0 N–H and O–H groups in total. The molecule has 0 bridgehead atoms. The third-order valence-corrected chi connectivity index (χ3v) is 8.71. The molecule has 0 unspecified atom stereocenters. The maximum absolute atomic E-state index is 12.6. The molecule has 0 spiro atoms. The highest BCUT2D eigenvalue weighted by atomic mass is 16.7. The van der Waals surface area contributed by atoms with Crippen molar-refractivity contribution in [3.63, 3.8) is 0 Å². The highest BCUT2D eigenvalue weighted by Crippen LogP contribution is 2.50. The van der Waals surface area contributed by atoms with Crippen LogP contribution >= 0.6 is 0 Å². The predicted molar refractivity (Wildman–Crippen MR) is 183 cm³/mol. The molecule has 5 aromatic carbocycles. The Balaban J connectivity index is 1.46. The first kappa shape index (κ1) is 32.2. The Kier molecular flexibility index (Phi) is 10.1. The average molecular weight is 625 g/mol. The summed E-state index contributed by atoms with van der Waals surface area (Å²) in [5.74, 6) is 1.37.